The van der Waals surface area contributed by atoms with Crippen LogP contribution in [0.25, 0.3) is 0 Å². The lowest BCUT2D eigenvalue weighted by molar-refractivity contribution is 0.138. The highest BCUT2D eigenvalue weighted by atomic mass is 16.5. The first-order chi connectivity index (χ1) is 10.1. The normalized spacial score (nSPS) is 15.2. The summed E-state index contributed by atoms with van der Waals surface area (Å²) < 4.78 is 11.1. The molecule has 3 heteroatoms. The van der Waals surface area contributed by atoms with E-state index in [0.29, 0.717) is 0 Å². The van der Waals surface area contributed by atoms with Crippen molar-refractivity contribution in [1.82, 2.24) is 0 Å². The highest BCUT2D eigenvalue weighted by Gasteiger charge is 2.29. The fourth-order valence-corrected chi connectivity index (χ4v) is 2.69. The van der Waals surface area contributed by atoms with Crippen LogP contribution >= 0.6 is 0 Å². The van der Waals surface area contributed by atoms with E-state index in [2.05, 4.69) is 37.4 Å². The second kappa shape index (κ2) is 5.32. The number of rotatable bonds is 4. The predicted molar refractivity (Wildman–Crippen MR) is 85.2 cm³/mol. The van der Waals surface area contributed by atoms with Crippen molar-refractivity contribution in [3.63, 3.8) is 0 Å². The summed E-state index contributed by atoms with van der Waals surface area (Å²) in [6.07, 6.45) is 0.971. The van der Waals surface area contributed by atoms with Gasteiger partial charge in [-0.25, -0.2) is 0 Å². The van der Waals surface area contributed by atoms with Crippen molar-refractivity contribution in [2.75, 3.05) is 12.4 Å². The zero-order valence-electron chi connectivity index (χ0n) is 12.8. The Balaban J connectivity index is 1.66. The monoisotopic (exact) mass is 283 g/mol. The molecular weight excluding hydrogens is 262 g/mol. The first-order valence-electron chi connectivity index (χ1n) is 7.24. The SMILES string of the molecule is COc1ccc(NCc2ccc3c(c2)CC(C)(C)O3)cc1. The lowest BCUT2D eigenvalue weighted by atomic mass is 10.0. The van der Waals surface area contributed by atoms with Gasteiger partial charge in [-0.2, -0.15) is 0 Å². The van der Waals surface area contributed by atoms with Crippen molar-refractivity contribution >= 4 is 5.69 Å². The average molecular weight is 283 g/mol. The van der Waals surface area contributed by atoms with Gasteiger partial charge in [0.1, 0.15) is 17.1 Å². The van der Waals surface area contributed by atoms with E-state index >= 15 is 0 Å². The van der Waals surface area contributed by atoms with Gasteiger partial charge in [0.2, 0.25) is 0 Å². The molecule has 3 rings (SSSR count). The molecule has 0 unspecified atom stereocenters. The molecule has 1 aliphatic heterocycles. The van der Waals surface area contributed by atoms with Crippen LogP contribution in [0.3, 0.4) is 0 Å². The maximum Gasteiger partial charge on any atom is 0.123 e. The van der Waals surface area contributed by atoms with E-state index in [-0.39, 0.29) is 5.60 Å². The molecule has 0 amide bonds. The van der Waals surface area contributed by atoms with E-state index in [1.54, 1.807) is 7.11 Å². The van der Waals surface area contributed by atoms with Crippen LogP contribution in [0.15, 0.2) is 42.5 Å². The minimum atomic E-state index is -0.0790. The van der Waals surface area contributed by atoms with Gasteiger partial charge in [-0.3, -0.25) is 0 Å². The molecule has 21 heavy (non-hydrogen) atoms. The third-order valence-corrected chi connectivity index (χ3v) is 3.71. The van der Waals surface area contributed by atoms with E-state index in [1.165, 1.54) is 11.1 Å². The van der Waals surface area contributed by atoms with Crippen molar-refractivity contribution < 1.29 is 9.47 Å². The molecule has 0 atom stereocenters. The molecule has 0 fully saturated rings. The minimum Gasteiger partial charge on any atom is -0.497 e. The molecule has 2 aromatic carbocycles. The van der Waals surface area contributed by atoms with Gasteiger partial charge in [0.05, 0.1) is 7.11 Å². The minimum absolute atomic E-state index is 0.0790. The van der Waals surface area contributed by atoms with Crippen molar-refractivity contribution in [2.24, 2.45) is 0 Å². The summed E-state index contributed by atoms with van der Waals surface area (Å²) in [5.74, 6) is 1.89. The van der Waals surface area contributed by atoms with Gasteiger partial charge in [-0.15, -0.1) is 0 Å². The smallest absolute Gasteiger partial charge is 0.123 e. The van der Waals surface area contributed by atoms with E-state index in [0.717, 1.165) is 30.2 Å². The van der Waals surface area contributed by atoms with Gasteiger partial charge in [-0.1, -0.05) is 12.1 Å². The van der Waals surface area contributed by atoms with Gasteiger partial charge in [0, 0.05) is 18.7 Å². The molecule has 0 bridgehead atoms. The van der Waals surface area contributed by atoms with Crippen LogP contribution in [0.4, 0.5) is 5.69 Å². The van der Waals surface area contributed by atoms with Gasteiger partial charge in [-0.05, 0) is 55.3 Å². The number of hydrogen-bond acceptors (Lipinski definition) is 3. The highest BCUT2D eigenvalue weighted by molar-refractivity contribution is 5.48. The molecule has 0 radical (unpaired) electrons. The second-order valence-corrected chi connectivity index (χ2v) is 6.06. The van der Waals surface area contributed by atoms with E-state index in [9.17, 15) is 0 Å². The number of hydrogen-bond donors (Lipinski definition) is 1. The van der Waals surface area contributed by atoms with Crippen molar-refractivity contribution in [1.29, 1.82) is 0 Å². The summed E-state index contributed by atoms with van der Waals surface area (Å²) in [5.41, 5.74) is 3.58. The Labute approximate surface area is 125 Å². The Morgan fingerprint density at radius 1 is 1.14 bits per heavy atom. The highest BCUT2D eigenvalue weighted by Crippen LogP contribution is 2.35. The summed E-state index contributed by atoms with van der Waals surface area (Å²) in [5, 5.41) is 3.43. The van der Waals surface area contributed by atoms with E-state index in [4.69, 9.17) is 9.47 Å². The molecule has 110 valence electrons. The fourth-order valence-electron chi connectivity index (χ4n) is 2.69. The Bertz CT molecular complexity index is 632. The number of methoxy groups -OCH3 is 1. The standard InChI is InChI=1S/C18H21NO2/c1-18(2)11-14-10-13(4-9-17(14)21-18)12-19-15-5-7-16(20-3)8-6-15/h4-10,19H,11-12H2,1-3H3. The molecule has 3 nitrogen and oxygen atoms in total. The molecule has 1 N–H and O–H groups in total. The maximum absolute atomic E-state index is 5.90. The Morgan fingerprint density at radius 2 is 1.90 bits per heavy atom. The Morgan fingerprint density at radius 3 is 2.62 bits per heavy atom. The summed E-state index contributed by atoms with van der Waals surface area (Å²) in [6, 6.07) is 14.4. The molecule has 0 aliphatic carbocycles. The van der Waals surface area contributed by atoms with Crippen molar-refractivity contribution in [3.8, 4) is 11.5 Å². The van der Waals surface area contributed by atoms with Crippen LogP contribution in [0.2, 0.25) is 0 Å². The molecule has 0 aromatic heterocycles. The van der Waals surface area contributed by atoms with Crippen LogP contribution in [0.5, 0.6) is 11.5 Å². The Hall–Kier alpha value is -2.16. The fraction of sp³-hybridized carbons (Fsp3) is 0.333. The molecule has 2 aromatic rings. The van der Waals surface area contributed by atoms with Crippen LogP contribution in [0.1, 0.15) is 25.0 Å². The number of ether oxygens (including phenoxy) is 2. The third-order valence-electron chi connectivity index (χ3n) is 3.71. The zero-order valence-corrected chi connectivity index (χ0v) is 12.8. The van der Waals surface area contributed by atoms with Gasteiger partial charge < -0.3 is 14.8 Å². The first kappa shape index (κ1) is 13.8. The number of nitrogens with one attached hydrogen (secondary N) is 1. The van der Waals surface area contributed by atoms with Gasteiger partial charge in [0.25, 0.3) is 0 Å². The van der Waals surface area contributed by atoms with Crippen molar-refractivity contribution in [2.45, 2.75) is 32.4 Å². The predicted octanol–water partition coefficient (Wildman–Crippen LogP) is 4.02. The zero-order chi connectivity index (χ0) is 14.9. The average Bonchev–Trinajstić information content (AvgIpc) is 2.78. The lowest BCUT2D eigenvalue weighted by Crippen LogP contribution is -2.24. The number of benzene rings is 2. The van der Waals surface area contributed by atoms with E-state index in [1.807, 2.05) is 24.3 Å². The summed E-state index contributed by atoms with van der Waals surface area (Å²) >= 11 is 0. The molecule has 0 saturated heterocycles. The van der Waals surface area contributed by atoms with Crippen LogP contribution in [-0.2, 0) is 13.0 Å². The second-order valence-electron chi connectivity index (χ2n) is 6.06. The van der Waals surface area contributed by atoms with Crippen LogP contribution < -0.4 is 14.8 Å². The lowest BCUT2D eigenvalue weighted by Gasteiger charge is -2.16. The quantitative estimate of drug-likeness (QED) is 0.919. The number of anilines is 1. The summed E-state index contributed by atoms with van der Waals surface area (Å²) in [6.45, 7) is 5.06. The molecular formula is C18H21NO2. The number of fused-ring (bicyclic) bond motifs is 1. The summed E-state index contributed by atoms with van der Waals surface area (Å²) in [4.78, 5) is 0. The largest absolute Gasteiger partial charge is 0.497 e. The third kappa shape index (κ3) is 3.13. The van der Waals surface area contributed by atoms with Gasteiger partial charge >= 0.3 is 0 Å². The molecule has 0 spiro atoms. The first-order valence-corrected chi connectivity index (χ1v) is 7.24. The van der Waals surface area contributed by atoms with E-state index < -0.39 is 0 Å². The maximum atomic E-state index is 5.90. The topological polar surface area (TPSA) is 30.5 Å². The molecule has 1 heterocycles. The molecule has 1 aliphatic rings. The molecule has 0 saturated carbocycles. The Kier molecular flexibility index (Phi) is 3.50. The van der Waals surface area contributed by atoms with Crippen molar-refractivity contribution in [3.05, 3.63) is 53.6 Å². The van der Waals surface area contributed by atoms with Gasteiger partial charge in [0.15, 0.2) is 0 Å². The summed E-state index contributed by atoms with van der Waals surface area (Å²) in [7, 11) is 1.68. The van der Waals surface area contributed by atoms with Crippen LogP contribution in [-0.4, -0.2) is 12.7 Å². The van der Waals surface area contributed by atoms with Crippen LogP contribution in [0, 0.1) is 0 Å².